The number of carbonyl (C=O) groups is 1. The number of anilines is 1. The number of fused-ring (bicyclic) bond motifs is 2. The van der Waals surface area contributed by atoms with Crippen LogP contribution in [0.2, 0.25) is 0 Å². The van der Waals surface area contributed by atoms with Gasteiger partial charge in [0.15, 0.2) is 22.2 Å². The van der Waals surface area contributed by atoms with E-state index in [0.29, 0.717) is 25.4 Å². The number of aliphatic hydroxyl groups is 1. The highest BCUT2D eigenvalue weighted by molar-refractivity contribution is 7.92. The quantitative estimate of drug-likeness (QED) is 0.376. The fraction of sp³-hybridized carbons (Fsp3) is 0.448. The van der Waals surface area contributed by atoms with Crippen LogP contribution in [0.4, 0.5) is 5.69 Å². The summed E-state index contributed by atoms with van der Waals surface area (Å²) in [5.74, 6) is 1.51. The van der Waals surface area contributed by atoms with Gasteiger partial charge in [0, 0.05) is 31.2 Å². The highest BCUT2D eigenvalue weighted by Gasteiger charge is 2.34. The van der Waals surface area contributed by atoms with E-state index in [4.69, 9.17) is 18.7 Å². The number of benzene rings is 2. The summed E-state index contributed by atoms with van der Waals surface area (Å²) in [6.07, 6.45) is -0.311. The second-order valence-electron chi connectivity index (χ2n) is 11.0. The highest BCUT2D eigenvalue weighted by atomic mass is 32.2. The van der Waals surface area contributed by atoms with Gasteiger partial charge in [0.05, 0.1) is 18.2 Å². The van der Waals surface area contributed by atoms with Crippen LogP contribution >= 0.6 is 0 Å². The Hall–Kier alpha value is -3.81. The zero-order chi connectivity index (χ0) is 30.2. The monoisotopic (exact) mass is 600 g/mol. The summed E-state index contributed by atoms with van der Waals surface area (Å²) in [7, 11) is -2.04. The molecule has 0 fully saturated rings. The van der Waals surface area contributed by atoms with Crippen molar-refractivity contribution in [3.05, 3.63) is 59.0 Å². The number of hydrogen-bond acceptors (Lipinski definition) is 10. The van der Waals surface area contributed by atoms with Gasteiger partial charge < -0.3 is 28.7 Å². The summed E-state index contributed by atoms with van der Waals surface area (Å²) in [5, 5.41) is 13.7. The molecule has 42 heavy (non-hydrogen) atoms. The second kappa shape index (κ2) is 11.8. The van der Waals surface area contributed by atoms with Crippen LogP contribution in [0.1, 0.15) is 41.2 Å². The van der Waals surface area contributed by atoms with Gasteiger partial charge in [-0.3, -0.25) is 14.4 Å². The number of ether oxygens (including phenoxy) is 3. The first-order valence-corrected chi connectivity index (χ1v) is 15.2. The molecular formula is C29H36N4O8S. The molecule has 0 bridgehead atoms. The number of aryl methyl sites for hydroxylation is 2. The van der Waals surface area contributed by atoms with Crippen molar-refractivity contribution in [2.24, 2.45) is 5.92 Å². The molecule has 0 radical (unpaired) electrons. The van der Waals surface area contributed by atoms with Crippen LogP contribution in [0.25, 0.3) is 0 Å². The van der Waals surface area contributed by atoms with Crippen LogP contribution in [0, 0.1) is 19.8 Å². The fourth-order valence-corrected chi connectivity index (χ4v) is 6.67. The Kier molecular flexibility index (Phi) is 8.35. The number of sulfonamides is 1. The van der Waals surface area contributed by atoms with Gasteiger partial charge in [0.25, 0.3) is 15.9 Å². The van der Waals surface area contributed by atoms with E-state index in [-0.39, 0.29) is 58.9 Å². The number of nitrogens with one attached hydrogen (secondary N) is 1. The summed E-state index contributed by atoms with van der Waals surface area (Å²) >= 11 is 0. The first-order chi connectivity index (χ1) is 20.0. The lowest BCUT2D eigenvalue weighted by Gasteiger charge is -2.38. The summed E-state index contributed by atoms with van der Waals surface area (Å²) in [4.78, 5) is 17.5. The Balaban J connectivity index is 1.41. The molecule has 5 rings (SSSR count). The first kappa shape index (κ1) is 29.7. The molecule has 0 spiro atoms. The van der Waals surface area contributed by atoms with Crippen molar-refractivity contribution in [2.45, 2.75) is 51.3 Å². The van der Waals surface area contributed by atoms with Gasteiger partial charge in [0.1, 0.15) is 17.5 Å². The summed E-state index contributed by atoms with van der Waals surface area (Å²) in [5.41, 5.74) is 1.67. The van der Waals surface area contributed by atoms with Crippen molar-refractivity contribution < 1.29 is 37.1 Å². The van der Waals surface area contributed by atoms with E-state index < -0.39 is 16.1 Å². The number of nitrogens with zero attached hydrogens (tertiary/aromatic N) is 3. The lowest BCUT2D eigenvalue weighted by Crippen LogP contribution is -2.49. The van der Waals surface area contributed by atoms with Gasteiger partial charge in [-0.1, -0.05) is 18.1 Å². The van der Waals surface area contributed by atoms with E-state index in [0.717, 1.165) is 17.1 Å². The standard InChI is InChI=1S/C29H36N4O8S/c1-17-12-33(18(2)15-34)29(35)23-11-22(31-42(36,37)28-19(3)30-41-20(28)4)7-9-24(23)40-27(17)14-32(5)13-21-6-8-25-26(10-21)39-16-38-25/h6-11,17-18,27,31,34H,12-16H2,1-5H3/t17-,18-,27-/m1/s1. The van der Waals surface area contributed by atoms with E-state index in [9.17, 15) is 18.3 Å². The van der Waals surface area contributed by atoms with Crippen molar-refractivity contribution >= 4 is 21.6 Å². The minimum Gasteiger partial charge on any atom is -0.488 e. The summed E-state index contributed by atoms with van der Waals surface area (Å²) in [6, 6.07) is 10.0. The number of rotatable bonds is 9. The van der Waals surface area contributed by atoms with Gasteiger partial charge in [-0.25, -0.2) is 8.42 Å². The van der Waals surface area contributed by atoms with Gasteiger partial charge in [0.2, 0.25) is 6.79 Å². The average molecular weight is 601 g/mol. The van der Waals surface area contributed by atoms with Gasteiger partial charge in [-0.2, -0.15) is 0 Å². The number of amides is 1. The molecule has 226 valence electrons. The molecule has 0 saturated carbocycles. The molecule has 2 aliphatic rings. The van der Waals surface area contributed by atoms with Crippen LogP contribution in [0.3, 0.4) is 0 Å². The molecule has 2 aromatic carbocycles. The van der Waals surface area contributed by atoms with Crippen LogP contribution < -0.4 is 18.9 Å². The fourth-order valence-electron chi connectivity index (χ4n) is 5.29. The molecule has 1 amide bonds. The normalized spacial score (nSPS) is 19.2. The number of hydrogen-bond donors (Lipinski definition) is 2. The molecular weight excluding hydrogens is 564 g/mol. The van der Waals surface area contributed by atoms with E-state index in [2.05, 4.69) is 14.8 Å². The molecule has 2 aliphatic heterocycles. The molecule has 3 aromatic rings. The minimum absolute atomic E-state index is 0.0493. The van der Waals surface area contributed by atoms with Crippen LogP contribution in [-0.2, 0) is 16.6 Å². The highest BCUT2D eigenvalue weighted by Crippen LogP contribution is 2.34. The first-order valence-electron chi connectivity index (χ1n) is 13.7. The molecule has 0 saturated heterocycles. The third-order valence-corrected chi connectivity index (χ3v) is 9.16. The molecule has 3 heterocycles. The lowest BCUT2D eigenvalue weighted by atomic mass is 9.99. The second-order valence-corrected chi connectivity index (χ2v) is 12.6. The Morgan fingerprint density at radius 1 is 1.14 bits per heavy atom. The molecule has 1 aromatic heterocycles. The average Bonchev–Trinajstić information content (AvgIpc) is 3.55. The van der Waals surface area contributed by atoms with E-state index in [1.54, 1.807) is 30.9 Å². The van der Waals surface area contributed by atoms with E-state index >= 15 is 0 Å². The number of likely N-dealkylation sites (N-methyl/N-ethyl adjacent to an activating group) is 1. The zero-order valence-corrected chi connectivity index (χ0v) is 25.1. The maximum Gasteiger partial charge on any atom is 0.267 e. The maximum atomic E-state index is 13.8. The van der Waals surface area contributed by atoms with Gasteiger partial charge in [-0.05, 0) is 63.7 Å². The Labute approximate surface area is 245 Å². The summed E-state index contributed by atoms with van der Waals surface area (Å²) < 4.78 is 51.2. The number of aromatic nitrogens is 1. The molecule has 2 N–H and O–H groups in total. The smallest absolute Gasteiger partial charge is 0.267 e. The predicted octanol–water partition coefficient (Wildman–Crippen LogP) is 3.17. The topological polar surface area (TPSA) is 144 Å². The SMILES string of the molecule is Cc1noc(C)c1S(=O)(=O)Nc1ccc2c(c1)C(=O)N([C@H](C)CO)C[C@@H](C)[C@@H](CN(C)Cc1ccc3c(c1)OCO3)O2. The predicted molar refractivity (Wildman–Crippen MR) is 153 cm³/mol. The minimum atomic E-state index is -4.03. The number of aliphatic hydroxyl groups excluding tert-OH is 1. The third-order valence-electron chi connectivity index (χ3n) is 7.53. The summed E-state index contributed by atoms with van der Waals surface area (Å²) in [6.45, 7) is 8.37. The largest absolute Gasteiger partial charge is 0.488 e. The molecule has 12 nitrogen and oxygen atoms in total. The van der Waals surface area contributed by atoms with Gasteiger partial charge in [-0.15, -0.1) is 0 Å². The third kappa shape index (κ3) is 6.03. The maximum absolute atomic E-state index is 13.8. The van der Waals surface area contributed by atoms with Crippen LogP contribution in [0.15, 0.2) is 45.8 Å². The Morgan fingerprint density at radius 3 is 2.60 bits per heavy atom. The van der Waals surface area contributed by atoms with Crippen molar-refractivity contribution in [3.63, 3.8) is 0 Å². The van der Waals surface area contributed by atoms with Gasteiger partial charge >= 0.3 is 0 Å². The van der Waals surface area contributed by atoms with Crippen molar-refractivity contribution in [1.82, 2.24) is 15.0 Å². The van der Waals surface area contributed by atoms with Crippen LogP contribution in [-0.4, -0.2) is 80.1 Å². The van der Waals surface area contributed by atoms with Crippen molar-refractivity contribution in [2.75, 3.05) is 38.3 Å². The van der Waals surface area contributed by atoms with Crippen LogP contribution in [0.5, 0.6) is 17.2 Å². The molecule has 0 aliphatic carbocycles. The van der Waals surface area contributed by atoms with Crippen molar-refractivity contribution in [1.29, 1.82) is 0 Å². The van der Waals surface area contributed by atoms with E-state index in [1.165, 1.54) is 13.0 Å². The van der Waals surface area contributed by atoms with E-state index in [1.807, 2.05) is 32.2 Å². The molecule has 0 unspecified atom stereocenters. The Bertz CT molecular complexity index is 1550. The zero-order valence-electron chi connectivity index (χ0n) is 24.3. The number of carbonyl (C=O) groups excluding carboxylic acids is 1. The molecule has 13 heteroatoms. The molecule has 3 atom stereocenters. The van der Waals surface area contributed by atoms with Crippen molar-refractivity contribution in [3.8, 4) is 17.2 Å². The Morgan fingerprint density at radius 2 is 1.88 bits per heavy atom. The lowest BCUT2D eigenvalue weighted by molar-refractivity contribution is 0.0341.